The van der Waals surface area contributed by atoms with Gasteiger partial charge in [0.05, 0.1) is 0 Å². The van der Waals surface area contributed by atoms with Crippen LogP contribution >= 0.6 is 0 Å². The molecule has 0 aliphatic carbocycles. The summed E-state index contributed by atoms with van der Waals surface area (Å²) in [7, 11) is 0. The van der Waals surface area contributed by atoms with Gasteiger partial charge in [-0.3, -0.25) is 4.79 Å². The monoisotopic (exact) mass is 312 g/mol. The Labute approximate surface area is 135 Å². The summed E-state index contributed by atoms with van der Waals surface area (Å²) in [5.74, 6) is -1.45. The van der Waals surface area contributed by atoms with E-state index in [-0.39, 0.29) is 17.6 Å². The molecule has 5 nitrogen and oxygen atoms in total. The lowest BCUT2D eigenvalue weighted by Gasteiger charge is -2.16. The predicted molar refractivity (Wildman–Crippen MR) is 87.7 cm³/mol. The number of carbonyl (C=O) groups excluding carboxylic acids is 1. The zero-order valence-corrected chi connectivity index (χ0v) is 13.5. The summed E-state index contributed by atoms with van der Waals surface area (Å²) in [4.78, 5) is 26.8. The number of nitrogens with one attached hydrogen (secondary N) is 1. The number of carbonyl (C=O) groups is 2. The second-order valence-electron chi connectivity index (χ2n) is 5.74. The average Bonchev–Trinajstić information content (AvgIpc) is 2.50. The van der Waals surface area contributed by atoms with Crippen LogP contribution in [0.4, 0.5) is 0 Å². The smallest absolute Gasteiger partial charge is 0.354 e. The Balaban J connectivity index is 2.04. The van der Waals surface area contributed by atoms with Crippen LogP contribution < -0.4 is 5.32 Å². The van der Waals surface area contributed by atoms with Gasteiger partial charge in [0.1, 0.15) is 5.69 Å². The molecule has 0 saturated heterocycles. The normalized spacial score (nSPS) is 11.8. The number of benzene rings is 1. The van der Waals surface area contributed by atoms with Gasteiger partial charge in [-0.2, -0.15) is 0 Å². The molecule has 120 valence electrons. The largest absolute Gasteiger partial charge is 0.477 e. The summed E-state index contributed by atoms with van der Waals surface area (Å²) in [6, 6.07) is 8.96. The molecule has 1 amide bonds. The van der Waals surface area contributed by atoms with Crippen LogP contribution in [0.2, 0.25) is 0 Å². The van der Waals surface area contributed by atoms with Crippen LogP contribution in [0, 0.1) is 13.8 Å². The molecule has 0 bridgehead atoms. The lowest BCUT2D eigenvalue weighted by atomic mass is 10.00. The van der Waals surface area contributed by atoms with Crippen molar-refractivity contribution in [3.05, 3.63) is 64.5 Å². The highest BCUT2D eigenvalue weighted by molar-refractivity contribution is 5.96. The van der Waals surface area contributed by atoms with Crippen molar-refractivity contribution >= 4 is 11.9 Å². The van der Waals surface area contributed by atoms with Crippen molar-refractivity contribution in [2.75, 3.05) is 0 Å². The van der Waals surface area contributed by atoms with Crippen molar-refractivity contribution in [2.24, 2.45) is 0 Å². The molecule has 2 rings (SSSR count). The molecule has 2 aromatic rings. The van der Waals surface area contributed by atoms with E-state index in [0.29, 0.717) is 12.0 Å². The summed E-state index contributed by atoms with van der Waals surface area (Å²) in [6.07, 6.45) is 2.04. The molecule has 0 spiro atoms. The fraction of sp³-hybridized carbons (Fsp3) is 0.278. The number of rotatable bonds is 5. The van der Waals surface area contributed by atoms with Crippen molar-refractivity contribution in [1.29, 1.82) is 0 Å². The Morgan fingerprint density at radius 1 is 1.22 bits per heavy atom. The highest BCUT2D eigenvalue weighted by Crippen LogP contribution is 2.13. The number of aromatic carboxylic acids is 1. The highest BCUT2D eigenvalue weighted by Gasteiger charge is 2.14. The van der Waals surface area contributed by atoms with Gasteiger partial charge in [0, 0.05) is 17.8 Å². The van der Waals surface area contributed by atoms with E-state index < -0.39 is 5.97 Å². The summed E-state index contributed by atoms with van der Waals surface area (Å²) < 4.78 is 0. The summed E-state index contributed by atoms with van der Waals surface area (Å²) in [6.45, 7) is 6.03. The summed E-state index contributed by atoms with van der Waals surface area (Å²) >= 11 is 0. The van der Waals surface area contributed by atoms with Gasteiger partial charge in [-0.1, -0.05) is 23.8 Å². The Hall–Kier alpha value is -2.69. The minimum atomic E-state index is -1.15. The van der Waals surface area contributed by atoms with Gasteiger partial charge < -0.3 is 10.4 Å². The van der Waals surface area contributed by atoms with E-state index in [9.17, 15) is 9.59 Å². The minimum Gasteiger partial charge on any atom is -0.477 e. The molecule has 1 aromatic heterocycles. The third kappa shape index (κ3) is 4.39. The number of amides is 1. The molecular weight excluding hydrogens is 292 g/mol. The average molecular weight is 312 g/mol. The predicted octanol–water partition coefficient (Wildman–Crippen LogP) is 2.76. The van der Waals surface area contributed by atoms with Crippen molar-refractivity contribution in [3.63, 3.8) is 0 Å². The maximum absolute atomic E-state index is 12.2. The van der Waals surface area contributed by atoms with Crippen LogP contribution in [0.3, 0.4) is 0 Å². The number of aromatic nitrogens is 1. The number of aryl methyl sites for hydroxylation is 2. The SMILES string of the molecule is Cc1ccc(CC(C)NC(=O)c2ccnc(C(=O)O)c2)c(C)c1. The van der Waals surface area contributed by atoms with Crippen LogP contribution in [-0.2, 0) is 6.42 Å². The maximum atomic E-state index is 12.2. The number of nitrogens with zero attached hydrogens (tertiary/aromatic N) is 1. The lowest BCUT2D eigenvalue weighted by Crippen LogP contribution is -2.34. The molecule has 0 saturated carbocycles. The molecule has 23 heavy (non-hydrogen) atoms. The second kappa shape index (κ2) is 7.05. The summed E-state index contributed by atoms with van der Waals surface area (Å²) in [5.41, 5.74) is 3.75. The third-order valence-electron chi connectivity index (χ3n) is 3.64. The molecule has 1 unspecified atom stereocenters. The maximum Gasteiger partial charge on any atom is 0.354 e. The molecular formula is C18H20N2O3. The van der Waals surface area contributed by atoms with Gasteiger partial charge >= 0.3 is 5.97 Å². The Bertz CT molecular complexity index is 741. The van der Waals surface area contributed by atoms with Crippen molar-refractivity contribution in [2.45, 2.75) is 33.2 Å². The quantitative estimate of drug-likeness (QED) is 0.889. The topological polar surface area (TPSA) is 79.3 Å². The van der Waals surface area contributed by atoms with Gasteiger partial charge in [0.2, 0.25) is 0 Å². The van der Waals surface area contributed by atoms with E-state index in [1.165, 1.54) is 35.0 Å². The van der Waals surface area contributed by atoms with Crippen LogP contribution in [0.1, 0.15) is 44.5 Å². The molecule has 5 heteroatoms. The standard InChI is InChI=1S/C18H20N2O3/c1-11-4-5-14(12(2)8-11)9-13(3)20-17(21)15-6-7-19-16(10-15)18(22)23/h4-8,10,13H,9H2,1-3H3,(H,20,21)(H,22,23). The van der Waals surface area contributed by atoms with Crippen LogP contribution in [-0.4, -0.2) is 28.0 Å². The second-order valence-corrected chi connectivity index (χ2v) is 5.74. The Morgan fingerprint density at radius 3 is 2.61 bits per heavy atom. The van der Waals surface area contributed by atoms with Gasteiger partial charge in [0.15, 0.2) is 0 Å². The van der Waals surface area contributed by atoms with E-state index in [1.54, 1.807) is 0 Å². The van der Waals surface area contributed by atoms with E-state index in [1.807, 2.05) is 13.8 Å². The van der Waals surface area contributed by atoms with Crippen LogP contribution in [0.5, 0.6) is 0 Å². The first-order chi connectivity index (χ1) is 10.9. The Kier molecular flexibility index (Phi) is 5.11. The van der Waals surface area contributed by atoms with Crippen LogP contribution in [0.15, 0.2) is 36.5 Å². The van der Waals surface area contributed by atoms with Crippen molar-refractivity contribution in [3.8, 4) is 0 Å². The van der Waals surface area contributed by atoms with E-state index >= 15 is 0 Å². The molecule has 0 aliphatic heterocycles. The Morgan fingerprint density at radius 2 is 1.96 bits per heavy atom. The first kappa shape index (κ1) is 16.7. The first-order valence-corrected chi connectivity index (χ1v) is 7.43. The molecule has 1 aromatic carbocycles. The number of hydrogen-bond donors (Lipinski definition) is 2. The van der Waals surface area contributed by atoms with Gasteiger partial charge in [-0.05, 0) is 50.5 Å². The zero-order chi connectivity index (χ0) is 17.0. The van der Waals surface area contributed by atoms with Crippen molar-refractivity contribution in [1.82, 2.24) is 10.3 Å². The number of carboxylic acids is 1. The molecule has 0 aliphatic rings. The van der Waals surface area contributed by atoms with Crippen LogP contribution in [0.25, 0.3) is 0 Å². The molecule has 1 atom stereocenters. The van der Waals surface area contributed by atoms with E-state index in [2.05, 4.69) is 35.4 Å². The van der Waals surface area contributed by atoms with Crippen molar-refractivity contribution < 1.29 is 14.7 Å². The van der Waals surface area contributed by atoms with Gasteiger partial charge in [-0.25, -0.2) is 9.78 Å². The first-order valence-electron chi connectivity index (χ1n) is 7.43. The van der Waals surface area contributed by atoms with E-state index in [4.69, 9.17) is 5.11 Å². The fourth-order valence-electron chi connectivity index (χ4n) is 2.45. The number of carboxylic acid groups (broad SMARTS) is 1. The summed E-state index contributed by atoms with van der Waals surface area (Å²) in [5, 5.41) is 11.8. The van der Waals surface area contributed by atoms with Gasteiger partial charge in [-0.15, -0.1) is 0 Å². The molecule has 0 radical (unpaired) electrons. The highest BCUT2D eigenvalue weighted by atomic mass is 16.4. The number of hydrogen-bond acceptors (Lipinski definition) is 3. The molecule has 1 heterocycles. The van der Waals surface area contributed by atoms with E-state index in [0.717, 1.165) is 0 Å². The molecule has 0 fully saturated rings. The lowest BCUT2D eigenvalue weighted by molar-refractivity contribution is 0.0690. The molecule has 2 N–H and O–H groups in total. The third-order valence-corrected chi connectivity index (χ3v) is 3.64. The fourth-order valence-corrected chi connectivity index (χ4v) is 2.45. The van der Waals surface area contributed by atoms with Gasteiger partial charge in [0.25, 0.3) is 5.91 Å². The number of pyridine rings is 1. The minimum absolute atomic E-state index is 0.0645. The zero-order valence-electron chi connectivity index (χ0n) is 13.5.